The number of anilines is 1. The highest BCUT2D eigenvalue weighted by atomic mass is 35.5. The lowest BCUT2D eigenvalue weighted by Crippen LogP contribution is -2.34. The number of hydrogen-bond donors (Lipinski definition) is 2. The van der Waals surface area contributed by atoms with Gasteiger partial charge in [-0.3, -0.25) is 14.5 Å². The van der Waals surface area contributed by atoms with E-state index in [-0.39, 0.29) is 18.9 Å². The van der Waals surface area contributed by atoms with Gasteiger partial charge in [-0.2, -0.15) is 0 Å². The van der Waals surface area contributed by atoms with E-state index >= 15 is 0 Å². The molecule has 2 rings (SSSR count). The van der Waals surface area contributed by atoms with Crippen molar-refractivity contribution in [3.05, 3.63) is 28.2 Å². The van der Waals surface area contributed by atoms with E-state index in [9.17, 15) is 9.59 Å². The Morgan fingerprint density at radius 3 is 2.67 bits per heavy atom. The molecule has 21 heavy (non-hydrogen) atoms. The van der Waals surface area contributed by atoms with Gasteiger partial charge in [0, 0.05) is 24.0 Å². The Morgan fingerprint density at radius 2 is 2.05 bits per heavy atom. The second-order valence-corrected chi connectivity index (χ2v) is 5.86. The minimum Gasteiger partial charge on any atom is -0.480 e. The van der Waals surface area contributed by atoms with E-state index in [2.05, 4.69) is 5.32 Å². The summed E-state index contributed by atoms with van der Waals surface area (Å²) < 4.78 is 0. The molecule has 1 aliphatic carbocycles. The SMILES string of the molecule is O=C(O)CN(CCC(=O)Nc1cc(Cl)ccc1Cl)C1CC1. The Hall–Kier alpha value is -1.30. The van der Waals surface area contributed by atoms with Crippen LogP contribution in [-0.4, -0.2) is 41.0 Å². The molecule has 0 atom stereocenters. The predicted octanol–water partition coefficient (Wildman–Crippen LogP) is 2.87. The molecular weight excluding hydrogens is 315 g/mol. The predicted molar refractivity (Wildman–Crippen MR) is 81.9 cm³/mol. The van der Waals surface area contributed by atoms with Crippen LogP contribution in [0.15, 0.2) is 18.2 Å². The van der Waals surface area contributed by atoms with Crippen molar-refractivity contribution < 1.29 is 14.7 Å². The number of carbonyl (C=O) groups is 2. The molecule has 1 fully saturated rings. The first kappa shape index (κ1) is 16.1. The number of aliphatic carboxylic acids is 1. The summed E-state index contributed by atoms with van der Waals surface area (Å²) in [5.41, 5.74) is 0.463. The number of hydrogen-bond acceptors (Lipinski definition) is 3. The molecule has 0 aromatic heterocycles. The molecule has 0 spiro atoms. The van der Waals surface area contributed by atoms with Crippen molar-refractivity contribution in [1.29, 1.82) is 0 Å². The van der Waals surface area contributed by atoms with E-state index in [0.29, 0.717) is 28.3 Å². The van der Waals surface area contributed by atoms with E-state index in [4.69, 9.17) is 28.3 Å². The molecule has 5 nitrogen and oxygen atoms in total. The molecule has 1 aliphatic rings. The molecule has 1 aromatic carbocycles. The third-order valence-corrected chi connectivity index (χ3v) is 3.79. The average molecular weight is 331 g/mol. The number of halogens is 2. The van der Waals surface area contributed by atoms with Crippen molar-refractivity contribution in [2.24, 2.45) is 0 Å². The number of benzene rings is 1. The molecule has 0 unspecified atom stereocenters. The van der Waals surface area contributed by atoms with Gasteiger partial charge in [-0.1, -0.05) is 23.2 Å². The zero-order valence-electron chi connectivity index (χ0n) is 11.3. The molecule has 2 N–H and O–H groups in total. The van der Waals surface area contributed by atoms with Crippen LogP contribution in [0.1, 0.15) is 19.3 Å². The summed E-state index contributed by atoms with van der Waals surface area (Å²) in [5.74, 6) is -1.09. The minimum atomic E-state index is -0.875. The Morgan fingerprint density at radius 1 is 1.33 bits per heavy atom. The van der Waals surface area contributed by atoms with Gasteiger partial charge in [0.2, 0.25) is 5.91 Å². The lowest BCUT2D eigenvalue weighted by atomic mass is 10.3. The van der Waals surface area contributed by atoms with Gasteiger partial charge >= 0.3 is 5.97 Å². The van der Waals surface area contributed by atoms with Gasteiger partial charge in [0.05, 0.1) is 17.3 Å². The van der Waals surface area contributed by atoms with Gasteiger partial charge < -0.3 is 10.4 Å². The Bertz CT molecular complexity index is 547. The summed E-state index contributed by atoms with van der Waals surface area (Å²) in [4.78, 5) is 24.5. The molecule has 114 valence electrons. The normalized spacial score (nSPS) is 14.2. The fourth-order valence-corrected chi connectivity index (χ4v) is 2.39. The van der Waals surface area contributed by atoms with Crippen LogP contribution in [0.5, 0.6) is 0 Å². The molecule has 7 heteroatoms. The summed E-state index contributed by atoms with van der Waals surface area (Å²) in [6, 6.07) is 5.13. The monoisotopic (exact) mass is 330 g/mol. The van der Waals surface area contributed by atoms with Crippen LogP contribution in [-0.2, 0) is 9.59 Å². The summed E-state index contributed by atoms with van der Waals surface area (Å²) in [6.45, 7) is 0.386. The molecule has 0 heterocycles. The van der Waals surface area contributed by atoms with Crippen LogP contribution >= 0.6 is 23.2 Å². The first-order chi connectivity index (χ1) is 9.95. The van der Waals surface area contributed by atoms with Crippen LogP contribution in [0.2, 0.25) is 10.0 Å². The largest absolute Gasteiger partial charge is 0.480 e. The second-order valence-electron chi connectivity index (χ2n) is 5.02. The number of carbonyl (C=O) groups excluding carboxylic acids is 1. The number of nitrogens with zero attached hydrogens (tertiary/aromatic N) is 1. The van der Waals surface area contributed by atoms with Gasteiger partial charge in [0.1, 0.15) is 0 Å². The molecule has 1 amide bonds. The van der Waals surface area contributed by atoms with E-state index in [0.717, 1.165) is 12.8 Å². The van der Waals surface area contributed by atoms with E-state index in [1.807, 2.05) is 4.90 Å². The van der Waals surface area contributed by atoms with Crippen molar-refractivity contribution >= 4 is 40.8 Å². The molecular formula is C14H16Cl2N2O3. The summed E-state index contributed by atoms with van der Waals surface area (Å²) in [5, 5.41) is 12.4. The van der Waals surface area contributed by atoms with Gasteiger partial charge in [-0.15, -0.1) is 0 Å². The number of amides is 1. The summed E-state index contributed by atoms with van der Waals surface area (Å²) in [6.07, 6.45) is 2.21. The van der Waals surface area contributed by atoms with E-state index in [1.54, 1.807) is 18.2 Å². The third kappa shape index (κ3) is 5.19. The second kappa shape index (κ2) is 7.11. The van der Waals surface area contributed by atoms with Gasteiger partial charge in [0.15, 0.2) is 0 Å². The topological polar surface area (TPSA) is 69.6 Å². The van der Waals surface area contributed by atoms with Crippen LogP contribution in [0.4, 0.5) is 5.69 Å². The lowest BCUT2D eigenvalue weighted by molar-refractivity contribution is -0.138. The average Bonchev–Trinajstić information content (AvgIpc) is 3.23. The van der Waals surface area contributed by atoms with Crippen LogP contribution in [0, 0.1) is 0 Å². The van der Waals surface area contributed by atoms with Crippen molar-refractivity contribution in [3.63, 3.8) is 0 Å². The quantitative estimate of drug-likeness (QED) is 0.806. The first-order valence-corrected chi connectivity index (χ1v) is 7.42. The number of carboxylic acids is 1. The molecule has 0 aliphatic heterocycles. The maximum absolute atomic E-state index is 11.9. The van der Waals surface area contributed by atoms with Crippen LogP contribution in [0.3, 0.4) is 0 Å². The van der Waals surface area contributed by atoms with Crippen molar-refractivity contribution in [1.82, 2.24) is 4.90 Å². The summed E-state index contributed by atoms with van der Waals surface area (Å²) >= 11 is 11.8. The Kier molecular flexibility index (Phi) is 5.45. The molecule has 0 saturated heterocycles. The number of rotatable bonds is 7. The molecule has 1 aromatic rings. The maximum Gasteiger partial charge on any atom is 0.317 e. The minimum absolute atomic E-state index is 0.0319. The van der Waals surface area contributed by atoms with Gasteiger partial charge in [-0.25, -0.2) is 0 Å². The molecule has 0 bridgehead atoms. The number of carboxylic acid groups (broad SMARTS) is 1. The van der Waals surface area contributed by atoms with E-state index < -0.39 is 5.97 Å². The smallest absolute Gasteiger partial charge is 0.317 e. The van der Waals surface area contributed by atoms with Crippen LogP contribution in [0.25, 0.3) is 0 Å². The zero-order valence-corrected chi connectivity index (χ0v) is 12.8. The standard InChI is InChI=1S/C14H16Cl2N2O3/c15-9-1-4-11(16)12(7-9)17-13(19)5-6-18(8-14(20)21)10-2-3-10/h1,4,7,10H,2-3,5-6,8H2,(H,17,19)(H,20,21). The fraction of sp³-hybridized carbons (Fsp3) is 0.429. The van der Waals surface area contributed by atoms with Crippen molar-refractivity contribution in [3.8, 4) is 0 Å². The number of nitrogens with one attached hydrogen (secondary N) is 1. The summed E-state index contributed by atoms with van der Waals surface area (Å²) in [7, 11) is 0. The van der Waals surface area contributed by atoms with Crippen molar-refractivity contribution in [2.75, 3.05) is 18.4 Å². The third-order valence-electron chi connectivity index (χ3n) is 3.23. The zero-order chi connectivity index (χ0) is 15.4. The van der Waals surface area contributed by atoms with Crippen molar-refractivity contribution in [2.45, 2.75) is 25.3 Å². The highest BCUT2D eigenvalue weighted by molar-refractivity contribution is 6.35. The molecule has 1 saturated carbocycles. The first-order valence-electron chi connectivity index (χ1n) is 6.66. The maximum atomic E-state index is 11.9. The highest BCUT2D eigenvalue weighted by Crippen LogP contribution is 2.27. The highest BCUT2D eigenvalue weighted by Gasteiger charge is 2.30. The lowest BCUT2D eigenvalue weighted by Gasteiger charge is -2.19. The Labute approximate surface area is 132 Å². The van der Waals surface area contributed by atoms with Crippen LogP contribution < -0.4 is 5.32 Å². The van der Waals surface area contributed by atoms with E-state index in [1.165, 1.54) is 0 Å². The fourth-order valence-electron chi connectivity index (χ4n) is 2.06. The molecule has 0 radical (unpaired) electrons. The van der Waals surface area contributed by atoms with Gasteiger partial charge in [-0.05, 0) is 31.0 Å². The van der Waals surface area contributed by atoms with Gasteiger partial charge in [0.25, 0.3) is 0 Å². The Balaban J connectivity index is 1.86.